The Balaban J connectivity index is 1.34. The molecule has 36 heavy (non-hydrogen) atoms. The smallest absolute Gasteiger partial charge is 0.339 e. The van der Waals surface area contributed by atoms with Crippen molar-refractivity contribution in [3.05, 3.63) is 71.9 Å². The molecule has 10 nitrogen and oxygen atoms in total. The van der Waals surface area contributed by atoms with Gasteiger partial charge in [0.25, 0.3) is 0 Å². The van der Waals surface area contributed by atoms with Crippen LogP contribution in [0.25, 0.3) is 16.6 Å². The quantitative estimate of drug-likeness (QED) is 0.440. The van der Waals surface area contributed by atoms with E-state index in [1.165, 1.54) is 32.4 Å². The van der Waals surface area contributed by atoms with E-state index in [1.54, 1.807) is 4.90 Å². The van der Waals surface area contributed by atoms with Crippen LogP contribution in [0.3, 0.4) is 0 Å². The van der Waals surface area contributed by atoms with Gasteiger partial charge in [0.2, 0.25) is 0 Å². The molecule has 0 atom stereocenters. The van der Waals surface area contributed by atoms with Crippen LogP contribution in [-0.2, 0) is 9.47 Å². The van der Waals surface area contributed by atoms with E-state index in [2.05, 4.69) is 14.6 Å². The molecular formula is C26H25N5O5. The summed E-state index contributed by atoms with van der Waals surface area (Å²) in [7, 11) is 2.52. The Labute approximate surface area is 207 Å². The monoisotopic (exact) mass is 487 g/mol. The molecule has 0 saturated carbocycles. The van der Waals surface area contributed by atoms with Gasteiger partial charge in [-0.2, -0.15) is 0 Å². The van der Waals surface area contributed by atoms with Gasteiger partial charge in [-0.1, -0.05) is 12.1 Å². The lowest BCUT2D eigenvalue weighted by molar-refractivity contribution is 0.0587. The Kier molecular flexibility index (Phi) is 6.16. The fraction of sp³-hybridized carbons (Fsp3) is 0.231. The summed E-state index contributed by atoms with van der Waals surface area (Å²) in [5.74, 6) is -0.322. The first-order valence-electron chi connectivity index (χ1n) is 11.5. The zero-order chi connectivity index (χ0) is 25.2. The number of nitrogens with one attached hydrogen (secondary N) is 1. The van der Waals surface area contributed by atoms with Gasteiger partial charge < -0.3 is 29.0 Å². The van der Waals surface area contributed by atoms with Crippen LogP contribution >= 0.6 is 0 Å². The molecule has 1 fully saturated rings. The van der Waals surface area contributed by atoms with Gasteiger partial charge in [-0.15, -0.1) is 0 Å². The normalized spacial score (nSPS) is 13.6. The maximum Gasteiger partial charge on any atom is 0.339 e. The second-order valence-electron chi connectivity index (χ2n) is 8.34. The average Bonchev–Trinajstić information content (AvgIpc) is 3.42. The minimum Gasteiger partial charge on any atom is -0.465 e. The second kappa shape index (κ2) is 9.57. The van der Waals surface area contributed by atoms with Gasteiger partial charge in [0.15, 0.2) is 5.82 Å². The first-order valence-corrected chi connectivity index (χ1v) is 11.5. The lowest BCUT2D eigenvalue weighted by Gasteiger charge is -2.35. The standard InChI is InChI=1S/C26H25N5O5/c1-35-24(32)17-9-10-18(25(33)36-2)20(16-17)28-26(34)30-14-12-29(13-15-30)23-22-8-5-11-31(22)21-7-4-3-6-19(21)27-23/h3-11,16H,12-15H2,1-2H3,(H,28,34). The molecule has 0 unspecified atom stereocenters. The summed E-state index contributed by atoms with van der Waals surface area (Å²) in [6.07, 6.45) is 2.02. The molecule has 2 amide bonds. The number of para-hydroxylation sites is 2. The van der Waals surface area contributed by atoms with Crippen LogP contribution in [0.4, 0.5) is 16.3 Å². The fourth-order valence-electron chi connectivity index (χ4n) is 4.44. The molecule has 10 heteroatoms. The van der Waals surface area contributed by atoms with Crippen LogP contribution in [-0.4, -0.2) is 72.7 Å². The van der Waals surface area contributed by atoms with Crippen LogP contribution < -0.4 is 10.2 Å². The maximum absolute atomic E-state index is 13.1. The molecule has 2 aromatic carbocycles. The van der Waals surface area contributed by atoms with E-state index >= 15 is 0 Å². The lowest BCUT2D eigenvalue weighted by atomic mass is 10.1. The fourth-order valence-corrected chi connectivity index (χ4v) is 4.44. The third-order valence-corrected chi connectivity index (χ3v) is 6.30. The van der Waals surface area contributed by atoms with Crippen molar-refractivity contribution in [1.82, 2.24) is 14.3 Å². The van der Waals surface area contributed by atoms with Crippen molar-refractivity contribution in [2.24, 2.45) is 0 Å². The Morgan fingerprint density at radius 1 is 0.861 bits per heavy atom. The first-order chi connectivity index (χ1) is 17.5. The van der Waals surface area contributed by atoms with E-state index in [0.717, 1.165) is 22.4 Å². The largest absolute Gasteiger partial charge is 0.465 e. The number of esters is 2. The lowest BCUT2D eigenvalue weighted by Crippen LogP contribution is -2.50. The molecule has 1 aliphatic heterocycles. The Morgan fingerprint density at radius 3 is 2.33 bits per heavy atom. The number of hydrogen-bond donors (Lipinski definition) is 1. The van der Waals surface area contributed by atoms with Gasteiger partial charge >= 0.3 is 18.0 Å². The summed E-state index contributed by atoms with van der Waals surface area (Å²) in [5.41, 5.74) is 3.49. The van der Waals surface area contributed by atoms with Gasteiger partial charge in [0, 0.05) is 32.4 Å². The Hall–Kier alpha value is -4.60. The number of carbonyl (C=O) groups is 3. The molecule has 0 spiro atoms. The zero-order valence-corrected chi connectivity index (χ0v) is 19.9. The summed E-state index contributed by atoms with van der Waals surface area (Å²) >= 11 is 0. The van der Waals surface area contributed by atoms with E-state index in [0.29, 0.717) is 26.2 Å². The van der Waals surface area contributed by atoms with E-state index in [-0.39, 0.29) is 22.8 Å². The minimum absolute atomic E-state index is 0.146. The topological polar surface area (TPSA) is 105 Å². The molecule has 2 aromatic heterocycles. The van der Waals surface area contributed by atoms with Gasteiger partial charge in [-0.05, 0) is 42.5 Å². The number of hydrogen-bond acceptors (Lipinski definition) is 7. The third-order valence-electron chi connectivity index (χ3n) is 6.30. The number of benzene rings is 2. The molecular weight excluding hydrogens is 462 g/mol. The van der Waals surface area contributed by atoms with Gasteiger partial charge in [-0.25, -0.2) is 19.4 Å². The molecule has 1 N–H and O–H groups in total. The number of rotatable bonds is 4. The number of amides is 2. The number of urea groups is 1. The van der Waals surface area contributed by atoms with Crippen LogP contribution in [0, 0.1) is 0 Å². The molecule has 1 saturated heterocycles. The molecule has 5 rings (SSSR count). The van der Waals surface area contributed by atoms with E-state index < -0.39 is 11.9 Å². The van der Waals surface area contributed by atoms with E-state index in [1.807, 2.05) is 42.6 Å². The summed E-state index contributed by atoms with van der Waals surface area (Å²) in [6.45, 7) is 2.09. The predicted molar refractivity (Wildman–Crippen MR) is 135 cm³/mol. The Bertz CT molecular complexity index is 1470. The predicted octanol–water partition coefficient (Wildman–Crippen LogP) is 3.41. The Morgan fingerprint density at radius 2 is 1.58 bits per heavy atom. The zero-order valence-electron chi connectivity index (χ0n) is 19.9. The highest BCUT2D eigenvalue weighted by Crippen LogP contribution is 2.26. The van der Waals surface area contributed by atoms with Crippen molar-refractivity contribution in [2.45, 2.75) is 0 Å². The number of methoxy groups -OCH3 is 2. The number of ether oxygens (including phenoxy) is 2. The highest BCUT2D eigenvalue weighted by atomic mass is 16.5. The SMILES string of the molecule is COC(=O)c1ccc(C(=O)OC)c(NC(=O)N2CCN(c3nc4ccccc4n4cccc34)CC2)c1. The summed E-state index contributed by atoms with van der Waals surface area (Å²) in [5, 5.41) is 2.76. The molecule has 1 aliphatic rings. The number of anilines is 2. The van der Waals surface area contributed by atoms with Crippen LogP contribution in [0.5, 0.6) is 0 Å². The average molecular weight is 488 g/mol. The third kappa shape index (κ3) is 4.17. The molecule has 0 bridgehead atoms. The van der Waals surface area contributed by atoms with E-state index in [4.69, 9.17) is 14.5 Å². The van der Waals surface area contributed by atoms with Crippen LogP contribution in [0.15, 0.2) is 60.8 Å². The number of piperazine rings is 1. The molecule has 0 radical (unpaired) electrons. The van der Waals surface area contributed by atoms with Crippen molar-refractivity contribution in [2.75, 3.05) is 50.6 Å². The highest BCUT2D eigenvalue weighted by Gasteiger charge is 2.25. The van der Waals surface area contributed by atoms with Crippen LogP contribution in [0.1, 0.15) is 20.7 Å². The number of aromatic nitrogens is 2. The highest BCUT2D eigenvalue weighted by molar-refractivity contribution is 6.03. The minimum atomic E-state index is -0.620. The maximum atomic E-state index is 13.1. The van der Waals surface area contributed by atoms with Crippen LogP contribution in [0.2, 0.25) is 0 Å². The molecule has 3 heterocycles. The second-order valence-corrected chi connectivity index (χ2v) is 8.34. The van der Waals surface area contributed by atoms with Crippen molar-refractivity contribution >= 4 is 46.0 Å². The number of fused-ring (bicyclic) bond motifs is 3. The number of carbonyl (C=O) groups excluding carboxylic acids is 3. The van der Waals surface area contributed by atoms with Gasteiger partial charge in [0.05, 0.1) is 47.6 Å². The van der Waals surface area contributed by atoms with Gasteiger partial charge in [-0.3, -0.25) is 0 Å². The summed E-state index contributed by atoms with van der Waals surface area (Å²) < 4.78 is 11.7. The molecule has 184 valence electrons. The van der Waals surface area contributed by atoms with Crippen molar-refractivity contribution in [1.29, 1.82) is 0 Å². The first kappa shape index (κ1) is 23.2. The summed E-state index contributed by atoms with van der Waals surface area (Å²) in [4.78, 5) is 46.0. The van der Waals surface area contributed by atoms with Gasteiger partial charge in [0.1, 0.15) is 0 Å². The van der Waals surface area contributed by atoms with Crippen molar-refractivity contribution in [3.63, 3.8) is 0 Å². The van der Waals surface area contributed by atoms with E-state index in [9.17, 15) is 14.4 Å². The van der Waals surface area contributed by atoms with Crippen molar-refractivity contribution in [3.8, 4) is 0 Å². The number of nitrogens with zero attached hydrogens (tertiary/aromatic N) is 4. The van der Waals surface area contributed by atoms with Crippen molar-refractivity contribution < 1.29 is 23.9 Å². The molecule has 4 aromatic rings. The summed E-state index contributed by atoms with van der Waals surface area (Å²) in [6, 6.07) is 15.9. The molecule has 0 aliphatic carbocycles.